The highest BCUT2D eigenvalue weighted by molar-refractivity contribution is 7.25. The molecular weight excluding hydrogens is 687 g/mol. The van der Waals surface area contributed by atoms with Gasteiger partial charge in [0.1, 0.15) is 5.58 Å². The van der Waals surface area contributed by atoms with Crippen LogP contribution < -0.4 is 4.90 Å². The Hall–Kier alpha value is -6.94. The Morgan fingerprint density at radius 2 is 0.982 bits per heavy atom. The minimum atomic E-state index is 0.856. The van der Waals surface area contributed by atoms with E-state index in [0.717, 1.165) is 55.7 Å². The van der Waals surface area contributed by atoms with Crippen LogP contribution in [0.15, 0.2) is 205 Å². The van der Waals surface area contributed by atoms with E-state index in [1.165, 1.54) is 47.6 Å². The Morgan fingerprint density at radius 3 is 1.82 bits per heavy atom. The number of hydrogen-bond acceptors (Lipinski definition) is 3. The average Bonchev–Trinajstić information content (AvgIpc) is 3.83. The molecule has 0 N–H and O–H groups in total. The summed E-state index contributed by atoms with van der Waals surface area (Å²) < 4.78 is 9.67. The molecule has 9 aromatic carbocycles. The average molecular weight is 720 g/mol. The third kappa shape index (κ3) is 5.32. The van der Waals surface area contributed by atoms with Crippen molar-refractivity contribution in [3.63, 3.8) is 0 Å². The summed E-state index contributed by atoms with van der Waals surface area (Å²) in [7, 11) is 0. The smallest absolute Gasteiger partial charge is 0.159 e. The third-order valence-electron chi connectivity index (χ3n) is 10.9. The predicted molar refractivity (Wildman–Crippen MR) is 235 cm³/mol. The number of thiophene rings is 1. The number of furan rings is 1. The van der Waals surface area contributed by atoms with Crippen LogP contribution in [0.4, 0.5) is 17.1 Å². The van der Waals surface area contributed by atoms with E-state index in [9.17, 15) is 0 Å². The number of nitrogens with zero attached hydrogens (tertiary/aromatic N) is 1. The summed E-state index contributed by atoms with van der Waals surface area (Å²) in [5.74, 6) is 0. The number of rotatable bonds is 6. The molecule has 0 aliphatic rings. The summed E-state index contributed by atoms with van der Waals surface area (Å²) in [6.45, 7) is 0. The Morgan fingerprint density at radius 1 is 0.345 bits per heavy atom. The summed E-state index contributed by atoms with van der Waals surface area (Å²) >= 11 is 1.84. The largest absolute Gasteiger partial charge is 0.453 e. The van der Waals surface area contributed by atoms with Crippen molar-refractivity contribution in [2.75, 3.05) is 4.90 Å². The van der Waals surface area contributed by atoms with Gasteiger partial charge < -0.3 is 9.32 Å². The Balaban J connectivity index is 1.14. The lowest BCUT2D eigenvalue weighted by Crippen LogP contribution is -2.10. The summed E-state index contributed by atoms with van der Waals surface area (Å²) in [6.07, 6.45) is 0. The lowest BCUT2D eigenvalue weighted by molar-refractivity contribution is 0.670. The minimum Gasteiger partial charge on any atom is -0.453 e. The molecule has 0 atom stereocenters. The van der Waals surface area contributed by atoms with E-state index in [4.69, 9.17) is 4.42 Å². The number of para-hydroxylation sites is 1. The maximum atomic E-state index is 7.12. The SMILES string of the molecule is c1ccc(-c2cc(-c3ccccc3)c3oc4c(N(c5ccc(-c6cccc7ccccc67)cc5)c5ccc6c(c5)sc5ccccc56)cccc4c3c2)cc1. The lowest BCUT2D eigenvalue weighted by Gasteiger charge is -2.26. The number of hydrogen-bond donors (Lipinski definition) is 0. The van der Waals surface area contributed by atoms with Gasteiger partial charge in [-0.1, -0.05) is 152 Å². The first-order valence-electron chi connectivity index (χ1n) is 18.7. The molecular formula is C52H33NOS. The molecule has 0 radical (unpaired) electrons. The predicted octanol–water partition coefficient (Wildman–Crippen LogP) is 15.6. The molecule has 0 aliphatic carbocycles. The first-order valence-corrected chi connectivity index (χ1v) is 19.5. The van der Waals surface area contributed by atoms with Gasteiger partial charge in [0, 0.05) is 47.9 Å². The van der Waals surface area contributed by atoms with E-state index in [2.05, 4.69) is 205 Å². The normalized spacial score (nSPS) is 11.6. The summed E-state index contributed by atoms with van der Waals surface area (Å²) in [5, 5.41) is 7.25. The van der Waals surface area contributed by atoms with E-state index in [-0.39, 0.29) is 0 Å². The molecule has 2 aromatic heterocycles. The van der Waals surface area contributed by atoms with Crippen LogP contribution in [0, 0.1) is 0 Å². The zero-order chi connectivity index (χ0) is 36.3. The van der Waals surface area contributed by atoms with Gasteiger partial charge in [-0.05, 0) is 87.1 Å². The molecule has 0 fully saturated rings. The first-order chi connectivity index (χ1) is 27.3. The summed E-state index contributed by atoms with van der Waals surface area (Å²) in [6, 6.07) is 72.0. The van der Waals surface area contributed by atoms with Crippen LogP contribution in [0.3, 0.4) is 0 Å². The maximum absolute atomic E-state index is 7.12. The molecule has 0 spiro atoms. The van der Waals surface area contributed by atoms with Gasteiger partial charge in [0.05, 0.1) is 5.69 Å². The van der Waals surface area contributed by atoms with E-state index in [1.807, 2.05) is 11.3 Å². The molecule has 11 rings (SSSR count). The zero-order valence-corrected chi connectivity index (χ0v) is 30.6. The fraction of sp³-hybridized carbons (Fsp3) is 0. The van der Waals surface area contributed by atoms with Crippen molar-refractivity contribution in [1.82, 2.24) is 0 Å². The van der Waals surface area contributed by atoms with Gasteiger partial charge in [-0.15, -0.1) is 11.3 Å². The van der Waals surface area contributed by atoms with Crippen LogP contribution in [0.1, 0.15) is 0 Å². The Bertz CT molecular complexity index is 3190. The molecule has 0 amide bonds. The fourth-order valence-corrected chi connectivity index (χ4v) is 9.38. The topological polar surface area (TPSA) is 16.4 Å². The molecule has 0 saturated carbocycles. The van der Waals surface area contributed by atoms with E-state index >= 15 is 0 Å². The second-order valence-corrected chi connectivity index (χ2v) is 15.2. The van der Waals surface area contributed by atoms with Gasteiger partial charge in [0.25, 0.3) is 0 Å². The van der Waals surface area contributed by atoms with Crippen molar-refractivity contribution in [3.8, 4) is 33.4 Å². The number of fused-ring (bicyclic) bond motifs is 7. The van der Waals surface area contributed by atoms with Crippen LogP contribution in [-0.4, -0.2) is 0 Å². The van der Waals surface area contributed by atoms with Gasteiger partial charge >= 0.3 is 0 Å². The van der Waals surface area contributed by atoms with Crippen LogP contribution in [0.2, 0.25) is 0 Å². The van der Waals surface area contributed by atoms with Crippen LogP contribution >= 0.6 is 11.3 Å². The molecule has 0 aliphatic heterocycles. The molecule has 258 valence electrons. The standard InChI is InChI=1S/C52H33NOS/c1-3-13-34(14-4-1)38-31-46(36-15-5-2-6-16-36)51-47(32-38)45-22-12-23-48(52(45)54-51)53(40-29-30-44-43-20-9-10-24-49(43)55-50(44)33-40)39-27-25-37(26-28-39)42-21-11-18-35-17-7-8-19-41(35)42/h1-33H. The molecule has 55 heavy (non-hydrogen) atoms. The second kappa shape index (κ2) is 12.9. The fourth-order valence-electron chi connectivity index (χ4n) is 8.24. The van der Waals surface area contributed by atoms with Crippen molar-refractivity contribution in [2.24, 2.45) is 0 Å². The van der Waals surface area contributed by atoms with Crippen LogP contribution in [-0.2, 0) is 0 Å². The monoisotopic (exact) mass is 719 g/mol. The van der Waals surface area contributed by atoms with E-state index in [0.29, 0.717) is 0 Å². The minimum absolute atomic E-state index is 0.856. The number of benzene rings is 9. The molecule has 2 heterocycles. The molecule has 0 unspecified atom stereocenters. The van der Waals surface area contributed by atoms with Gasteiger partial charge in [-0.25, -0.2) is 0 Å². The van der Waals surface area contributed by atoms with Crippen LogP contribution in [0.5, 0.6) is 0 Å². The Labute approximate surface area is 322 Å². The van der Waals surface area contributed by atoms with Crippen molar-refractivity contribution >= 4 is 81.3 Å². The van der Waals surface area contributed by atoms with Gasteiger partial charge in [0.2, 0.25) is 0 Å². The lowest BCUT2D eigenvalue weighted by atomic mass is 9.95. The number of anilines is 3. The van der Waals surface area contributed by atoms with Crippen LogP contribution in [0.25, 0.3) is 86.3 Å². The summed E-state index contributed by atoms with van der Waals surface area (Å²) in [5.41, 5.74) is 11.8. The second-order valence-electron chi connectivity index (χ2n) is 14.1. The molecule has 2 nitrogen and oxygen atoms in total. The van der Waals surface area contributed by atoms with E-state index in [1.54, 1.807) is 0 Å². The third-order valence-corrected chi connectivity index (χ3v) is 12.0. The molecule has 11 aromatic rings. The highest BCUT2D eigenvalue weighted by atomic mass is 32.1. The Kier molecular flexibility index (Phi) is 7.39. The first kappa shape index (κ1) is 31.6. The zero-order valence-electron chi connectivity index (χ0n) is 29.8. The summed E-state index contributed by atoms with van der Waals surface area (Å²) in [4.78, 5) is 2.36. The molecule has 0 saturated heterocycles. The maximum Gasteiger partial charge on any atom is 0.159 e. The van der Waals surface area contributed by atoms with Gasteiger partial charge in [0.15, 0.2) is 5.58 Å². The molecule has 0 bridgehead atoms. The highest BCUT2D eigenvalue weighted by Gasteiger charge is 2.22. The van der Waals surface area contributed by atoms with Gasteiger partial charge in [-0.2, -0.15) is 0 Å². The van der Waals surface area contributed by atoms with E-state index < -0.39 is 0 Å². The van der Waals surface area contributed by atoms with Crippen molar-refractivity contribution in [2.45, 2.75) is 0 Å². The van der Waals surface area contributed by atoms with Crippen molar-refractivity contribution < 1.29 is 4.42 Å². The van der Waals surface area contributed by atoms with Gasteiger partial charge in [-0.3, -0.25) is 0 Å². The quantitative estimate of drug-likeness (QED) is 0.170. The highest BCUT2D eigenvalue weighted by Crippen LogP contribution is 2.47. The van der Waals surface area contributed by atoms with Crippen molar-refractivity contribution in [3.05, 3.63) is 200 Å². The van der Waals surface area contributed by atoms with Crippen molar-refractivity contribution in [1.29, 1.82) is 0 Å². The molecule has 3 heteroatoms.